The fourth-order valence-corrected chi connectivity index (χ4v) is 2.15. The van der Waals surface area contributed by atoms with E-state index in [2.05, 4.69) is 12.2 Å². The number of carbonyl (C=O) groups is 2. The Bertz CT molecular complexity index is 296. The number of hydrogen-bond donors (Lipinski definition) is 2. The number of likely N-dealkylation sites (tertiary alicyclic amines) is 1. The summed E-state index contributed by atoms with van der Waals surface area (Å²) >= 11 is 0. The lowest BCUT2D eigenvalue weighted by Crippen LogP contribution is -2.43. The molecule has 2 N–H and O–H groups in total. The highest BCUT2D eigenvalue weighted by Crippen LogP contribution is 2.16. The van der Waals surface area contributed by atoms with E-state index in [1.807, 2.05) is 0 Å². The number of aliphatic carboxylic acids is 1. The Morgan fingerprint density at radius 2 is 2.21 bits per heavy atom. The van der Waals surface area contributed by atoms with Crippen molar-refractivity contribution in [1.82, 2.24) is 10.2 Å². The molecular formula is C13H24N2O4. The average molecular weight is 272 g/mol. The molecule has 0 saturated carbocycles. The van der Waals surface area contributed by atoms with Gasteiger partial charge in [-0.15, -0.1) is 0 Å². The van der Waals surface area contributed by atoms with Gasteiger partial charge in [0.05, 0.1) is 13.2 Å². The third-order valence-electron chi connectivity index (χ3n) is 3.21. The van der Waals surface area contributed by atoms with E-state index >= 15 is 0 Å². The molecule has 0 bridgehead atoms. The van der Waals surface area contributed by atoms with Crippen LogP contribution in [0.15, 0.2) is 0 Å². The number of hydrogen-bond acceptors (Lipinski definition) is 4. The lowest BCUT2D eigenvalue weighted by Gasteiger charge is -2.20. The fourth-order valence-electron chi connectivity index (χ4n) is 2.15. The third-order valence-corrected chi connectivity index (χ3v) is 3.21. The molecule has 1 aliphatic heterocycles. The summed E-state index contributed by atoms with van der Waals surface area (Å²) < 4.78 is 5.33. The number of nitrogens with one attached hydrogen (secondary N) is 1. The molecule has 0 aromatic carbocycles. The summed E-state index contributed by atoms with van der Waals surface area (Å²) in [6, 6.07) is -0.508. The Kier molecular flexibility index (Phi) is 7.43. The van der Waals surface area contributed by atoms with Crippen LogP contribution in [-0.2, 0) is 14.3 Å². The molecule has 1 saturated heterocycles. The highest BCUT2D eigenvalue weighted by atomic mass is 16.5. The molecule has 110 valence electrons. The van der Waals surface area contributed by atoms with Crippen LogP contribution in [-0.4, -0.2) is 60.8 Å². The number of carboxylic acid groups (broad SMARTS) is 1. The Hall–Kier alpha value is -1.14. The Labute approximate surface area is 114 Å². The molecule has 1 fully saturated rings. The zero-order valence-electron chi connectivity index (χ0n) is 11.6. The minimum Gasteiger partial charge on any atom is -0.480 e. The maximum Gasteiger partial charge on any atom is 0.320 e. The maximum absolute atomic E-state index is 11.7. The first-order chi connectivity index (χ1) is 9.15. The molecule has 0 radical (unpaired) electrons. The minimum atomic E-state index is -0.840. The van der Waals surface area contributed by atoms with Crippen LogP contribution in [0.1, 0.15) is 32.6 Å². The molecule has 0 spiro atoms. The lowest BCUT2D eigenvalue weighted by atomic mass is 10.2. The Balaban J connectivity index is 2.12. The third kappa shape index (κ3) is 6.02. The van der Waals surface area contributed by atoms with Crippen molar-refractivity contribution in [2.75, 3.05) is 32.8 Å². The molecule has 0 aromatic rings. The van der Waals surface area contributed by atoms with Gasteiger partial charge in [0.1, 0.15) is 6.04 Å². The van der Waals surface area contributed by atoms with E-state index in [0.717, 1.165) is 25.9 Å². The van der Waals surface area contributed by atoms with Gasteiger partial charge in [-0.1, -0.05) is 13.3 Å². The molecule has 6 heteroatoms. The van der Waals surface area contributed by atoms with Crippen molar-refractivity contribution in [2.24, 2.45) is 0 Å². The van der Waals surface area contributed by atoms with E-state index in [0.29, 0.717) is 26.1 Å². The summed E-state index contributed by atoms with van der Waals surface area (Å²) in [7, 11) is 0. The second kappa shape index (κ2) is 8.87. The molecule has 1 heterocycles. The highest BCUT2D eigenvalue weighted by molar-refractivity contribution is 5.80. The van der Waals surface area contributed by atoms with Gasteiger partial charge in [0.25, 0.3) is 0 Å². The van der Waals surface area contributed by atoms with Crippen LogP contribution in [0.5, 0.6) is 0 Å². The lowest BCUT2D eigenvalue weighted by molar-refractivity contribution is -0.142. The van der Waals surface area contributed by atoms with E-state index < -0.39 is 12.0 Å². The van der Waals surface area contributed by atoms with Crippen molar-refractivity contribution in [3.05, 3.63) is 0 Å². The van der Waals surface area contributed by atoms with Gasteiger partial charge in [-0.25, -0.2) is 0 Å². The SMILES string of the molecule is CCCCOCCNC(=O)CN1CCCC1C(=O)O. The van der Waals surface area contributed by atoms with Crippen molar-refractivity contribution in [2.45, 2.75) is 38.6 Å². The Morgan fingerprint density at radius 3 is 2.89 bits per heavy atom. The second-order valence-corrected chi connectivity index (χ2v) is 4.78. The predicted molar refractivity (Wildman–Crippen MR) is 71.0 cm³/mol. The summed E-state index contributed by atoms with van der Waals surface area (Å²) in [4.78, 5) is 24.3. The summed E-state index contributed by atoms with van der Waals surface area (Å²) in [5, 5.41) is 11.7. The minimum absolute atomic E-state index is 0.132. The normalized spacial score (nSPS) is 19.5. The van der Waals surface area contributed by atoms with Crippen LogP contribution in [0.3, 0.4) is 0 Å². The van der Waals surface area contributed by atoms with Gasteiger partial charge in [0.15, 0.2) is 0 Å². The van der Waals surface area contributed by atoms with Gasteiger partial charge in [0.2, 0.25) is 5.91 Å². The van der Waals surface area contributed by atoms with Gasteiger partial charge < -0.3 is 15.2 Å². The molecule has 1 amide bonds. The quantitative estimate of drug-likeness (QED) is 0.596. The molecule has 0 aliphatic carbocycles. The van der Waals surface area contributed by atoms with Crippen molar-refractivity contribution in [3.63, 3.8) is 0 Å². The molecular weight excluding hydrogens is 248 g/mol. The van der Waals surface area contributed by atoms with E-state index in [4.69, 9.17) is 9.84 Å². The van der Waals surface area contributed by atoms with Gasteiger partial charge in [-0.3, -0.25) is 14.5 Å². The van der Waals surface area contributed by atoms with E-state index in [1.54, 1.807) is 4.90 Å². The number of amides is 1. The van der Waals surface area contributed by atoms with Crippen molar-refractivity contribution in [1.29, 1.82) is 0 Å². The topological polar surface area (TPSA) is 78.9 Å². The molecule has 0 aromatic heterocycles. The zero-order chi connectivity index (χ0) is 14.1. The molecule has 1 rings (SSSR count). The summed E-state index contributed by atoms with van der Waals surface area (Å²) in [5.41, 5.74) is 0. The molecule has 19 heavy (non-hydrogen) atoms. The number of carbonyl (C=O) groups excluding carboxylic acids is 1. The van der Waals surface area contributed by atoms with Crippen LogP contribution in [0.2, 0.25) is 0 Å². The van der Waals surface area contributed by atoms with Crippen LogP contribution in [0.25, 0.3) is 0 Å². The van der Waals surface area contributed by atoms with Crippen molar-refractivity contribution < 1.29 is 19.4 Å². The monoisotopic (exact) mass is 272 g/mol. The van der Waals surface area contributed by atoms with Crippen LogP contribution < -0.4 is 5.32 Å². The fraction of sp³-hybridized carbons (Fsp3) is 0.846. The first kappa shape index (κ1) is 15.9. The van der Waals surface area contributed by atoms with Crippen molar-refractivity contribution >= 4 is 11.9 Å². The van der Waals surface area contributed by atoms with E-state index in [-0.39, 0.29) is 12.5 Å². The first-order valence-electron chi connectivity index (χ1n) is 6.96. The van der Waals surface area contributed by atoms with E-state index in [9.17, 15) is 9.59 Å². The molecule has 1 aliphatic rings. The number of carboxylic acids is 1. The number of ether oxygens (including phenoxy) is 1. The van der Waals surface area contributed by atoms with E-state index in [1.165, 1.54) is 0 Å². The van der Waals surface area contributed by atoms with Crippen molar-refractivity contribution in [3.8, 4) is 0 Å². The summed E-state index contributed by atoms with van der Waals surface area (Å²) in [5.74, 6) is -0.972. The zero-order valence-corrected chi connectivity index (χ0v) is 11.6. The standard InChI is InChI=1S/C13H24N2O4/c1-2-3-8-19-9-6-14-12(16)10-15-7-4-5-11(15)13(17)18/h11H,2-10H2,1H3,(H,14,16)(H,17,18). The number of unbranched alkanes of at least 4 members (excludes halogenated alkanes) is 1. The van der Waals surface area contributed by atoms with Gasteiger partial charge in [0, 0.05) is 13.2 Å². The summed E-state index contributed by atoms with van der Waals surface area (Å²) in [6.45, 7) is 4.64. The molecule has 1 atom stereocenters. The first-order valence-corrected chi connectivity index (χ1v) is 6.96. The van der Waals surface area contributed by atoms with Gasteiger partial charge in [-0.05, 0) is 25.8 Å². The average Bonchev–Trinajstić information content (AvgIpc) is 2.81. The summed E-state index contributed by atoms with van der Waals surface area (Å²) in [6.07, 6.45) is 3.59. The molecule has 6 nitrogen and oxygen atoms in total. The predicted octanol–water partition coefficient (Wildman–Crippen LogP) is 0.468. The molecule has 1 unspecified atom stereocenters. The van der Waals surface area contributed by atoms with Gasteiger partial charge in [-0.2, -0.15) is 0 Å². The van der Waals surface area contributed by atoms with Crippen LogP contribution in [0.4, 0.5) is 0 Å². The second-order valence-electron chi connectivity index (χ2n) is 4.78. The smallest absolute Gasteiger partial charge is 0.320 e. The Morgan fingerprint density at radius 1 is 1.42 bits per heavy atom. The number of nitrogens with zero attached hydrogens (tertiary/aromatic N) is 1. The highest BCUT2D eigenvalue weighted by Gasteiger charge is 2.31. The maximum atomic E-state index is 11.7. The van der Waals surface area contributed by atoms with Crippen LogP contribution >= 0.6 is 0 Å². The largest absolute Gasteiger partial charge is 0.480 e. The van der Waals surface area contributed by atoms with Gasteiger partial charge >= 0.3 is 5.97 Å². The number of rotatable bonds is 9. The van der Waals surface area contributed by atoms with Crippen LogP contribution in [0, 0.1) is 0 Å².